The van der Waals surface area contributed by atoms with E-state index in [9.17, 15) is 4.79 Å². The number of furan rings is 1. The molecule has 1 fully saturated rings. The summed E-state index contributed by atoms with van der Waals surface area (Å²) >= 11 is 0. The number of nitrogens with zero attached hydrogens (tertiary/aromatic N) is 2. The molecule has 0 radical (unpaired) electrons. The minimum absolute atomic E-state index is 0.0103. The fourth-order valence-corrected chi connectivity index (χ4v) is 3.67. The number of nitrogens with one attached hydrogen (secondary N) is 2. The monoisotopic (exact) mass is 370 g/mol. The summed E-state index contributed by atoms with van der Waals surface area (Å²) in [5.41, 5.74) is 3.22. The number of hydrogen-bond acceptors (Lipinski definition) is 4. The summed E-state index contributed by atoms with van der Waals surface area (Å²) in [6, 6.07) is 16.9. The molecule has 0 spiro atoms. The van der Waals surface area contributed by atoms with Crippen LogP contribution in [0.3, 0.4) is 0 Å². The lowest BCUT2D eigenvalue weighted by Crippen LogP contribution is -2.28. The highest BCUT2D eigenvalue weighted by Crippen LogP contribution is 2.47. The molecule has 1 unspecified atom stereocenters. The Labute approximate surface area is 161 Å². The number of imidazole rings is 1. The van der Waals surface area contributed by atoms with Gasteiger partial charge >= 0.3 is 0 Å². The van der Waals surface area contributed by atoms with Crippen LogP contribution in [0.1, 0.15) is 42.5 Å². The minimum Gasteiger partial charge on any atom is -0.459 e. The minimum atomic E-state index is -0.248. The molecule has 1 aliphatic rings. The lowest BCUT2D eigenvalue weighted by Gasteiger charge is -2.11. The molecule has 1 amide bonds. The van der Waals surface area contributed by atoms with Gasteiger partial charge in [-0.1, -0.05) is 12.1 Å². The molecule has 28 heavy (non-hydrogen) atoms. The van der Waals surface area contributed by atoms with Crippen molar-refractivity contribution in [3.05, 3.63) is 65.7 Å². The Hall–Kier alpha value is -3.59. The number of carbonyl (C=O) groups excluding carboxylic acids is 1. The Balaban J connectivity index is 1.28. The lowest BCUT2D eigenvalue weighted by atomic mass is 10.1. The third-order valence-corrected chi connectivity index (χ3v) is 5.34. The predicted molar refractivity (Wildman–Crippen MR) is 104 cm³/mol. The standard InChI is InChI=1S/C22H18N4O2/c1-12(20-9-14-8-13(11-23)6-7-19(14)28-20)24-22(27)16-10-15(16)21-25-17-4-2-3-5-18(17)26-21/h2-9,12,15-16H,10H2,1H3,(H,24,27)(H,25,26)/t12?,15-,16-/m0/s1. The number of amides is 1. The number of benzene rings is 2. The molecule has 3 atom stereocenters. The Morgan fingerprint density at radius 3 is 3.00 bits per heavy atom. The fourth-order valence-electron chi connectivity index (χ4n) is 3.67. The van der Waals surface area contributed by atoms with Gasteiger partial charge in [0.1, 0.15) is 17.2 Å². The van der Waals surface area contributed by atoms with Gasteiger partial charge in [-0.25, -0.2) is 4.98 Å². The maximum absolute atomic E-state index is 12.7. The van der Waals surface area contributed by atoms with Crippen LogP contribution in [-0.4, -0.2) is 15.9 Å². The third kappa shape index (κ3) is 2.81. The van der Waals surface area contributed by atoms with E-state index in [4.69, 9.17) is 9.68 Å². The molecule has 138 valence electrons. The van der Waals surface area contributed by atoms with Crippen LogP contribution in [-0.2, 0) is 4.79 Å². The van der Waals surface area contributed by atoms with Gasteiger partial charge < -0.3 is 14.7 Å². The fraction of sp³-hybridized carbons (Fsp3) is 0.227. The van der Waals surface area contributed by atoms with Crippen molar-refractivity contribution >= 4 is 27.9 Å². The number of nitriles is 1. The van der Waals surface area contributed by atoms with Crippen molar-refractivity contribution in [1.82, 2.24) is 15.3 Å². The van der Waals surface area contributed by atoms with Crippen molar-refractivity contribution in [2.45, 2.75) is 25.3 Å². The van der Waals surface area contributed by atoms with E-state index in [2.05, 4.69) is 21.4 Å². The number of aromatic amines is 1. The Bertz CT molecular complexity index is 1210. The molecule has 0 bridgehead atoms. The zero-order chi connectivity index (χ0) is 19.3. The molecular weight excluding hydrogens is 352 g/mol. The third-order valence-electron chi connectivity index (χ3n) is 5.34. The van der Waals surface area contributed by atoms with E-state index >= 15 is 0 Å². The van der Waals surface area contributed by atoms with Crippen LogP contribution in [0.2, 0.25) is 0 Å². The number of rotatable bonds is 4. The van der Waals surface area contributed by atoms with Gasteiger partial charge in [-0.2, -0.15) is 5.26 Å². The van der Waals surface area contributed by atoms with Gasteiger partial charge in [0.05, 0.1) is 28.7 Å². The van der Waals surface area contributed by atoms with E-state index in [1.807, 2.05) is 37.3 Å². The summed E-state index contributed by atoms with van der Waals surface area (Å²) in [5, 5.41) is 12.9. The zero-order valence-corrected chi connectivity index (χ0v) is 15.3. The van der Waals surface area contributed by atoms with Crippen molar-refractivity contribution in [1.29, 1.82) is 5.26 Å². The number of aromatic nitrogens is 2. The van der Waals surface area contributed by atoms with E-state index < -0.39 is 0 Å². The highest BCUT2D eigenvalue weighted by molar-refractivity contribution is 5.84. The normalized spacial score (nSPS) is 19.4. The smallest absolute Gasteiger partial charge is 0.224 e. The second kappa shape index (κ2) is 6.24. The Morgan fingerprint density at radius 1 is 1.32 bits per heavy atom. The predicted octanol–water partition coefficient (Wildman–Crippen LogP) is 4.16. The van der Waals surface area contributed by atoms with Crippen molar-refractivity contribution in [2.75, 3.05) is 0 Å². The van der Waals surface area contributed by atoms with Crippen LogP contribution < -0.4 is 5.32 Å². The molecule has 6 heteroatoms. The quantitative estimate of drug-likeness (QED) is 0.564. The summed E-state index contributed by atoms with van der Waals surface area (Å²) in [6.45, 7) is 1.90. The van der Waals surface area contributed by atoms with Gasteiger partial charge in [-0.05, 0) is 49.7 Å². The molecule has 2 aromatic carbocycles. The summed E-state index contributed by atoms with van der Waals surface area (Å²) in [6.07, 6.45) is 0.796. The molecule has 0 saturated heterocycles. The zero-order valence-electron chi connectivity index (χ0n) is 15.3. The van der Waals surface area contributed by atoms with Crippen molar-refractivity contribution in [3.8, 4) is 6.07 Å². The molecule has 1 aliphatic carbocycles. The first-order valence-electron chi connectivity index (χ1n) is 9.31. The maximum Gasteiger partial charge on any atom is 0.224 e. The van der Waals surface area contributed by atoms with E-state index in [0.717, 1.165) is 28.7 Å². The van der Waals surface area contributed by atoms with Crippen LogP contribution in [0.5, 0.6) is 0 Å². The molecule has 4 aromatic rings. The van der Waals surface area contributed by atoms with Crippen LogP contribution in [0, 0.1) is 17.2 Å². The Kier molecular flexibility index (Phi) is 3.69. The summed E-state index contributed by atoms with van der Waals surface area (Å²) in [4.78, 5) is 20.6. The number of carbonyl (C=O) groups is 1. The average molecular weight is 370 g/mol. The molecule has 0 aliphatic heterocycles. The molecule has 1 saturated carbocycles. The first kappa shape index (κ1) is 16.6. The van der Waals surface area contributed by atoms with E-state index in [1.54, 1.807) is 18.2 Å². The topological polar surface area (TPSA) is 94.7 Å². The van der Waals surface area contributed by atoms with Gasteiger partial charge in [0.2, 0.25) is 5.91 Å². The lowest BCUT2D eigenvalue weighted by molar-refractivity contribution is -0.123. The number of fused-ring (bicyclic) bond motifs is 2. The van der Waals surface area contributed by atoms with Crippen molar-refractivity contribution in [2.24, 2.45) is 5.92 Å². The van der Waals surface area contributed by atoms with Crippen molar-refractivity contribution < 1.29 is 9.21 Å². The molecule has 6 nitrogen and oxygen atoms in total. The van der Waals surface area contributed by atoms with Crippen LogP contribution in [0.15, 0.2) is 52.9 Å². The number of H-pyrrole nitrogens is 1. The second-order valence-corrected chi connectivity index (χ2v) is 7.33. The van der Waals surface area contributed by atoms with Crippen LogP contribution in [0.25, 0.3) is 22.0 Å². The van der Waals surface area contributed by atoms with Crippen molar-refractivity contribution in [3.63, 3.8) is 0 Å². The summed E-state index contributed by atoms with van der Waals surface area (Å²) in [7, 11) is 0. The van der Waals surface area contributed by atoms with Gasteiger partial charge in [-0.3, -0.25) is 4.79 Å². The molecule has 2 aromatic heterocycles. The largest absolute Gasteiger partial charge is 0.459 e. The molecular formula is C22H18N4O2. The van der Waals surface area contributed by atoms with E-state index in [0.29, 0.717) is 16.9 Å². The van der Waals surface area contributed by atoms with Crippen LogP contribution >= 0.6 is 0 Å². The summed E-state index contributed by atoms with van der Waals surface area (Å²) in [5.74, 6) is 1.63. The SMILES string of the molecule is CC(NC(=O)[C@H]1C[C@@H]1c1nc2ccccc2[nH]1)c1cc2cc(C#N)ccc2o1. The van der Waals surface area contributed by atoms with Gasteiger partial charge in [-0.15, -0.1) is 0 Å². The molecule has 2 heterocycles. The van der Waals surface area contributed by atoms with Gasteiger partial charge in [0.25, 0.3) is 0 Å². The number of para-hydroxylation sites is 2. The van der Waals surface area contributed by atoms with E-state index in [1.165, 1.54) is 0 Å². The first-order chi connectivity index (χ1) is 13.6. The van der Waals surface area contributed by atoms with Gasteiger partial charge in [0, 0.05) is 17.2 Å². The molecule has 2 N–H and O–H groups in total. The number of hydrogen-bond donors (Lipinski definition) is 2. The highest BCUT2D eigenvalue weighted by atomic mass is 16.3. The summed E-state index contributed by atoms with van der Waals surface area (Å²) < 4.78 is 5.84. The Morgan fingerprint density at radius 2 is 2.18 bits per heavy atom. The van der Waals surface area contributed by atoms with Gasteiger partial charge in [0.15, 0.2) is 0 Å². The highest BCUT2D eigenvalue weighted by Gasteiger charge is 2.46. The second-order valence-electron chi connectivity index (χ2n) is 7.33. The van der Waals surface area contributed by atoms with E-state index in [-0.39, 0.29) is 23.8 Å². The van der Waals surface area contributed by atoms with Crippen LogP contribution in [0.4, 0.5) is 0 Å². The first-order valence-corrected chi connectivity index (χ1v) is 9.31. The maximum atomic E-state index is 12.7. The average Bonchev–Trinajstić information content (AvgIpc) is 3.21. The molecule has 5 rings (SSSR count).